The molecule has 2 aliphatic rings. The van der Waals surface area contributed by atoms with Crippen LogP contribution in [-0.4, -0.2) is 72.8 Å². The highest BCUT2D eigenvalue weighted by atomic mass is 32.2. The van der Waals surface area contributed by atoms with E-state index in [4.69, 9.17) is 0 Å². The minimum absolute atomic E-state index is 0.227. The van der Waals surface area contributed by atoms with Crippen molar-refractivity contribution in [2.75, 3.05) is 19.6 Å². The van der Waals surface area contributed by atoms with Gasteiger partial charge in [0.1, 0.15) is 12.1 Å². The lowest BCUT2D eigenvalue weighted by molar-refractivity contribution is -0.149. The number of carboxylic acids is 1. The fourth-order valence-electron chi connectivity index (χ4n) is 4.17. The standard InChI is InChI=1S/C21H29N3O6S/c25-19(23-11-5-2-6-12-23)14-17(20(26)24-13-7-10-18(24)21(27)28)22-31(29,30)15-16-8-3-1-4-9-16/h1,3-4,8-9,17-18,22H,2,5-7,10-15H2,(H,27,28). The number of likely N-dealkylation sites (tertiary alicyclic amines) is 2. The van der Waals surface area contributed by atoms with Gasteiger partial charge in [-0.05, 0) is 37.7 Å². The number of hydrogen-bond acceptors (Lipinski definition) is 5. The maximum absolute atomic E-state index is 13.2. The largest absolute Gasteiger partial charge is 0.480 e. The third kappa shape index (κ3) is 6.27. The molecule has 2 N–H and O–H groups in total. The number of piperidine rings is 1. The SMILES string of the molecule is O=C(O)C1CCCN1C(=O)C(CC(=O)N1CCCCC1)NS(=O)(=O)Cc1ccccc1. The summed E-state index contributed by atoms with van der Waals surface area (Å²) >= 11 is 0. The van der Waals surface area contributed by atoms with Gasteiger partial charge in [0.05, 0.1) is 12.2 Å². The molecule has 1 aromatic rings. The zero-order chi connectivity index (χ0) is 22.4. The maximum Gasteiger partial charge on any atom is 0.326 e. The first-order valence-electron chi connectivity index (χ1n) is 10.6. The molecule has 1 aromatic carbocycles. The normalized spacial score (nSPS) is 20.5. The Balaban J connectivity index is 1.78. The quantitative estimate of drug-likeness (QED) is 0.607. The summed E-state index contributed by atoms with van der Waals surface area (Å²) < 4.78 is 27.9. The molecule has 9 nitrogen and oxygen atoms in total. The monoisotopic (exact) mass is 451 g/mol. The second kappa shape index (κ2) is 10.2. The lowest BCUT2D eigenvalue weighted by Gasteiger charge is -2.30. The zero-order valence-electron chi connectivity index (χ0n) is 17.4. The fourth-order valence-corrected chi connectivity index (χ4v) is 5.50. The lowest BCUT2D eigenvalue weighted by Crippen LogP contribution is -2.53. The molecule has 0 spiro atoms. The van der Waals surface area contributed by atoms with E-state index < -0.39 is 34.0 Å². The summed E-state index contributed by atoms with van der Waals surface area (Å²) in [6, 6.07) is 6.20. The van der Waals surface area contributed by atoms with Crippen LogP contribution in [0, 0.1) is 0 Å². The predicted octanol–water partition coefficient (Wildman–Crippen LogP) is 0.953. The highest BCUT2D eigenvalue weighted by Gasteiger charge is 2.39. The van der Waals surface area contributed by atoms with Crippen LogP contribution in [0.2, 0.25) is 0 Å². The second-order valence-corrected chi connectivity index (χ2v) is 9.84. The number of carboxylic acid groups (broad SMARTS) is 1. The van der Waals surface area contributed by atoms with E-state index >= 15 is 0 Å². The molecule has 2 unspecified atom stereocenters. The molecule has 170 valence electrons. The first kappa shape index (κ1) is 23.2. The van der Waals surface area contributed by atoms with Crippen LogP contribution in [0.5, 0.6) is 0 Å². The van der Waals surface area contributed by atoms with Gasteiger partial charge in [0.2, 0.25) is 21.8 Å². The van der Waals surface area contributed by atoms with Crippen LogP contribution >= 0.6 is 0 Å². The number of carbonyl (C=O) groups excluding carboxylic acids is 2. The van der Waals surface area contributed by atoms with Crippen LogP contribution in [0.1, 0.15) is 44.1 Å². The molecule has 0 radical (unpaired) electrons. The molecule has 2 atom stereocenters. The number of carbonyl (C=O) groups is 3. The summed E-state index contributed by atoms with van der Waals surface area (Å²) in [4.78, 5) is 40.3. The van der Waals surface area contributed by atoms with Gasteiger partial charge in [-0.1, -0.05) is 30.3 Å². The Morgan fingerprint density at radius 1 is 1.03 bits per heavy atom. The minimum Gasteiger partial charge on any atom is -0.480 e. The van der Waals surface area contributed by atoms with Crippen LogP contribution in [-0.2, 0) is 30.2 Å². The number of rotatable bonds is 8. The molecule has 3 rings (SSSR count). The van der Waals surface area contributed by atoms with Gasteiger partial charge in [-0.15, -0.1) is 0 Å². The van der Waals surface area contributed by atoms with Crippen LogP contribution in [0.4, 0.5) is 0 Å². The van der Waals surface area contributed by atoms with Crippen molar-refractivity contribution in [3.8, 4) is 0 Å². The highest BCUT2D eigenvalue weighted by Crippen LogP contribution is 2.21. The summed E-state index contributed by atoms with van der Waals surface area (Å²) in [5.41, 5.74) is 0.549. The molecule has 2 saturated heterocycles. The molecular formula is C21H29N3O6S. The number of benzene rings is 1. The van der Waals surface area contributed by atoms with E-state index in [0.29, 0.717) is 31.5 Å². The third-order valence-electron chi connectivity index (χ3n) is 5.73. The summed E-state index contributed by atoms with van der Waals surface area (Å²) in [7, 11) is -3.94. The Morgan fingerprint density at radius 2 is 1.71 bits per heavy atom. The lowest BCUT2D eigenvalue weighted by atomic mass is 10.1. The van der Waals surface area contributed by atoms with Crippen molar-refractivity contribution in [1.82, 2.24) is 14.5 Å². The Hall–Kier alpha value is -2.46. The van der Waals surface area contributed by atoms with Crippen molar-refractivity contribution in [3.63, 3.8) is 0 Å². The van der Waals surface area contributed by atoms with Gasteiger partial charge in [-0.2, -0.15) is 0 Å². The summed E-state index contributed by atoms with van der Waals surface area (Å²) in [5.74, 6) is -2.42. The van der Waals surface area contributed by atoms with Crippen molar-refractivity contribution < 1.29 is 27.9 Å². The van der Waals surface area contributed by atoms with Crippen molar-refractivity contribution in [2.45, 2.75) is 56.4 Å². The first-order valence-corrected chi connectivity index (χ1v) is 12.3. The molecule has 0 saturated carbocycles. The van der Waals surface area contributed by atoms with Gasteiger partial charge >= 0.3 is 5.97 Å². The Morgan fingerprint density at radius 3 is 2.35 bits per heavy atom. The average Bonchev–Trinajstić information content (AvgIpc) is 3.24. The molecule has 2 aliphatic heterocycles. The van der Waals surface area contributed by atoms with Gasteiger partial charge in [0.25, 0.3) is 0 Å². The van der Waals surface area contributed by atoms with E-state index in [9.17, 15) is 27.9 Å². The van der Waals surface area contributed by atoms with E-state index in [-0.39, 0.29) is 24.6 Å². The molecular weight excluding hydrogens is 422 g/mol. The van der Waals surface area contributed by atoms with Gasteiger partial charge in [0, 0.05) is 19.6 Å². The average molecular weight is 452 g/mol. The number of sulfonamides is 1. The predicted molar refractivity (Wildman–Crippen MR) is 113 cm³/mol. The van der Waals surface area contributed by atoms with Crippen LogP contribution in [0.15, 0.2) is 30.3 Å². The molecule has 2 heterocycles. The Kier molecular flexibility index (Phi) is 7.66. The van der Waals surface area contributed by atoms with Gasteiger partial charge in [-0.25, -0.2) is 17.9 Å². The number of amides is 2. The van der Waals surface area contributed by atoms with Crippen LogP contribution in [0.3, 0.4) is 0 Å². The van der Waals surface area contributed by atoms with Crippen molar-refractivity contribution in [1.29, 1.82) is 0 Å². The molecule has 31 heavy (non-hydrogen) atoms. The van der Waals surface area contributed by atoms with Gasteiger partial charge < -0.3 is 14.9 Å². The molecule has 2 fully saturated rings. The van der Waals surface area contributed by atoms with E-state index in [2.05, 4.69) is 4.72 Å². The number of nitrogens with one attached hydrogen (secondary N) is 1. The Labute approximate surface area is 182 Å². The number of hydrogen-bond donors (Lipinski definition) is 2. The van der Waals surface area contributed by atoms with Crippen molar-refractivity contribution >= 4 is 27.8 Å². The summed E-state index contributed by atoms with van der Waals surface area (Å²) in [6.45, 7) is 1.39. The van der Waals surface area contributed by atoms with Crippen LogP contribution < -0.4 is 4.72 Å². The second-order valence-electron chi connectivity index (χ2n) is 8.09. The minimum atomic E-state index is -3.94. The number of aliphatic carboxylic acids is 1. The van der Waals surface area contributed by atoms with E-state index in [1.54, 1.807) is 35.2 Å². The topological polar surface area (TPSA) is 124 Å². The van der Waals surface area contributed by atoms with Gasteiger partial charge in [0.15, 0.2) is 0 Å². The van der Waals surface area contributed by atoms with Crippen molar-refractivity contribution in [3.05, 3.63) is 35.9 Å². The van der Waals surface area contributed by atoms with E-state index in [1.807, 2.05) is 0 Å². The maximum atomic E-state index is 13.2. The zero-order valence-corrected chi connectivity index (χ0v) is 18.2. The molecule has 0 bridgehead atoms. The molecule has 0 aliphatic carbocycles. The smallest absolute Gasteiger partial charge is 0.326 e. The van der Waals surface area contributed by atoms with E-state index in [0.717, 1.165) is 19.3 Å². The van der Waals surface area contributed by atoms with E-state index in [1.165, 1.54) is 4.90 Å². The first-order chi connectivity index (χ1) is 14.8. The number of nitrogens with zero attached hydrogens (tertiary/aromatic N) is 2. The van der Waals surface area contributed by atoms with Crippen molar-refractivity contribution in [2.24, 2.45) is 0 Å². The molecule has 10 heteroatoms. The van der Waals surface area contributed by atoms with Crippen LogP contribution in [0.25, 0.3) is 0 Å². The Bertz CT molecular complexity index is 899. The highest BCUT2D eigenvalue weighted by molar-refractivity contribution is 7.88. The summed E-state index contributed by atoms with van der Waals surface area (Å²) in [5, 5.41) is 9.42. The molecule has 0 aromatic heterocycles. The molecule has 2 amide bonds. The fraction of sp³-hybridized carbons (Fsp3) is 0.571. The third-order valence-corrected chi connectivity index (χ3v) is 7.08. The van der Waals surface area contributed by atoms with Gasteiger partial charge in [-0.3, -0.25) is 9.59 Å². The summed E-state index contributed by atoms with van der Waals surface area (Å²) in [6.07, 6.45) is 3.28.